The number of hydrogen-bond acceptors (Lipinski definition) is 4. The Morgan fingerprint density at radius 1 is 1.05 bits per heavy atom. The van der Waals surface area contributed by atoms with Gasteiger partial charge in [-0.1, -0.05) is 33.6 Å². The molecule has 1 aromatic rings. The average Bonchev–Trinajstić information content (AvgIpc) is 2.49. The van der Waals surface area contributed by atoms with Crippen molar-refractivity contribution < 1.29 is 9.47 Å². The fourth-order valence-corrected chi connectivity index (χ4v) is 2.00. The predicted molar refractivity (Wildman–Crippen MR) is 86.8 cm³/mol. The van der Waals surface area contributed by atoms with E-state index >= 15 is 0 Å². The fourth-order valence-electron chi connectivity index (χ4n) is 2.00. The number of pyridine rings is 1. The summed E-state index contributed by atoms with van der Waals surface area (Å²) in [5, 5.41) is 3.34. The number of hydrogen-bond donors (Lipinski definition) is 1. The van der Waals surface area contributed by atoms with Crippen molar-refractivity contribution in [2.45, 2.75) is 53.0 Å². The van der Waals surface area contributed by atoms with Gasteiger partial charge in [-0.3, -0.25) is 0 Å². The van der Waals surface area contributed by atoms with Gasteiger partial charge >= 0.3 is 0 Å². The number of aryl methyl sites for hydroxylation is 1. The molecule has 4 heteroatoms. The second-order valence-corrected chi connectivity index (χ2v) is 5.15. The van der Waals surface area contributed by atoms with E-state index in [0.717, 1.165) is 51.1 Å². The Morgan fingerprint density at radius 2 is 1.90 bits per heavy atom. The van der Waals surface area contributed by atoms with Crippen molar-refractivity contribution in [1.82, 2.24) is 10.3 Å². The Bertz CT molecular complexity index is 383. The van der Waals surface area contributed by atoms with Gasteiger partial charge < -0.3 is 14.8 Å². The average molecular weight is 294 g/mol. The summed E-state index contributed by atoms with van der Waals surface area (Å²) >= 11 is 0. The van der Waals surface area contributed by atoms with Gasteiger partial charge in [-0.2, -0.15) is 0 Å². The molecule has 4 nitrogen and oxygen atoms in total. The maximum Gasteiger partial charge on any atom is 0.213 e. The lowest BCUT2D eigenvalue weighted by atomic mass is 10.1. The summed E-state index contributed by atoms with van der Waals surface area (Å²) in [5.41, 5.74) is 2.34. The summed E-state index contributed by atoms with van der Waals surface area (Å²) in [4.78, 5) is 4.56. The van der Waals surface area contributed by atoms with Gasteiger partial charge in [0.25, 0.3) is 0 Å². The molecule has 1 N–H and O–H groups in total. The van der Waals surface area contributed by atoms with Crippen LogP contribution in [0, 0.1) is 0 Å². The maximum atomic E-state index is 5.73. The Hall–Kier alpha value is -1.13. The molecule has 0 aliphatic carbocycles. The van der Waals surface area contributed by atoms with E-state index in [9.17, 15) is 0 Å². The fraction of sp³-hybridized carbons (Fsp3) is 0.706. The quantitative estimate of drug-likeness (QED) is 0.600. The van der Waals surface area contributed by atoms with Crippen molar-refractivity contribution in [3.8, 4) is 5.88 Å². The molecule has 0 aromatic carbocycles. The normalized spacial score (nSPS) is 10.8. The lowest BCUT2D eigenvalue weighted by Gasteiger charge is -2.10. The first-order valence-electron chi connectivity index (χ1n) is 8.21. The Balaban J connectivity index is 2.48. The molecule has 0 amide bonds. The number of ether oxygens (including phenoxy) is 2. The molecule has 1 rings (SSSR count). The molecule has 0 fully saturated rings. The third kappa shape index (κ3) is 8.02. The predicted octanol–water partition coefficient (Wildman–Crippen LogP) is 3.34. The van der Waals surface area contributed by atoms with E-state index in [2.05, 4.69) is 37.1 Å². The van der Waals surface area contributed by atoms with E-state index in [1.165, 1.54) is 5.56 Å². The summed E-state index contributed by atoms with van der Waals surface area (Å²) in [6.45, 7) is 10.3. The van der Waals surface area contributed by atoms with Crippen molar-refractivity contribution in [3.63, 3.8) is 0 Å². The van der Waals surface area contributed by atoms with Crippen molar-refractivity contribution in [2.24, 2.45) is 0 Å². The summed E-state index contributed by atoms with van der Waals surface area (Å²) in [6.07, 6.45) is 4.35. The van der Waals surface area contributed by atoms with E-state index in [0.29, 0.717) is 19.1 Å². The zero-order valence-electron chi connectivity index (χ0n) is 13.8. The minimum Gasteiger partial charge on any atom is -0.475 e. The van der Waals surface area contributed by atoms with E-state index in [1.807, 2.05) is 6.07 Å². The van der Waals surface area contributed by atoms with Crippen LogP contribution < -0.4 is 10.1 Å². The van der Waals surface area contributed by atoms with Crippen LogP contribution in [0.1, 0.15) is 51.3 Å². The largest absolute Gasteiger partial charge is 0.475 e. The first-order chi connectivity index (χ1) is 10.3. The van der Waals surface area contributed by atoms with Gasteiger partial charge in [0.05, 0.1) is 6.61 Å². The lowest BCUT2D eigenvalue weighted by molar-refractivity contribution is 0.0964. The minimum absolute atomic E-state index is 0.562. The molecule has 0 bridgehead atoms. The summed E-state index contributed by atoms with van der Waals surface area (Å²) in [6, 6.07) is 4.19. The summed E-state index contributed by atoms with van der Waals surface area (Å²) in [7, 11) is 0. The van der Waals surface area contributed by atoms with Gasteiger partial charge in [-0.15, -0.1) is 0 Å². The van der Waals surface area contributed by atoms with Crippen LogP contribution in [-0.2, 0) is 17.7 Å². The summed E-state index contributed by atoms with van der Waals surface area (Å²) < 4.78 is 11.2. The highest BCUT2D eigenvalue weighted by Crippen LogP contribution is 2.14. The molecule has 0 spiro atoms. The molecule has 0 saturated carbocycles. The van der Waals surface area contributed by atoms with Crippen LogP contribution >= 0.6 is 0 Å². The van der Waals surface area contributed by atoms with Crippen molar-refractivity contribution in [2.75, 3.05) is 26.4 Å². The van der Waals surface area contributed by atoms with Crippen molar-refractivity contribution in [3.05, 3.63) is 23.4 Å². The van der Waals surface area contributed by atoms with Crippen LogP contribution in [-0.4, -0.2) is 31.3 Å². The van der Waals surface area contributed by atoms with E-state index in [4.69, 9.17) is 9.47 Å². The highest BCUT2D eigenvalue weighted by atomic mass is 16.5. The third-order valence-corrected chi connectivity index (χ3v) is 3.12. The van der Waals surface area contributed by atoms with Crippen LogP contribution in [0.5, 0.6) is 5.88 Å². The number of aromatic nitrogens is 1. The van der Waals surface area contributed by atoms with Crippen LogP contribution in [0.15, 0.2) is 12.1 Å². The van der Waals surface area contributed by atoms with Crippen molar-refractivity contribution in [1.29, 1.82) is 0 Å². The lowest BCUT2D eigenvalue weighted by Crippen LogP contribution is -2.13. The monoisotopic (exact) mass is 294 g/mol. The van der Waals surface area contributed by atoms with Gasteiger partial charge in [0, 0.05) is 24.9 Å². The molecule has 21 heavy (non-hydrogen) atoms. The molecule has 0 saturated heterocycles. The highest BCUT2D eigenvalue weighted by Gasteiger charge is 2.04. The molecule has 1 aromatic heterocycles. The molecule has 0 radical (unpaired) electrons. The first kappa shape index (κ1) is 17.9. The van der Waals surface area contributed by atoms with E-state index < -0.39 is 0 Å². The third-order valence-electron chi connectivity index (χ3n) is 3.12. The molecule has 0 aliphatic rings. The highest BCUT2D eigenvalue weighted by molar-refractivity contribution is 5.25. The Kier molecular flexibility index (Phi) is 9.83. The Morgan fingerprint density at radius 3 is 2.62 bits per heavy atom. The molecule has 0 unspecified atom stereocenters. The van der Waals surface area contributed by atoms with E-state index in [-0.39, 0.29) is 0 Å². The summed E-state index contributed by atoms with van der Waals surface area (Å²) in [5.74, 6) is 0.716. The number of nitrogens with one attached hydrogen (secondary N) is 1. The SMILES string of the molecule is CCCCOCCOc1cc(CNCC)cc(CCC)n1. The second kappa shape index (κ2) is 11.5. The van der Waals surface area contributed by atoms with Gasteiger partial charge in [0.2, 0.25) is 5.88 Å². The smallest absolute Gasteiger partial charge is 0.213 e. The zero-order chi connectivity index (χ0) is 15.3. The Labute approximate surface area is 129 Å². The molecule has 1 heterocycles. The standard InChI is InChI=1S/C17H30N2O2/c1-4-7-9-20-10-11-21-17-13-15(14-18-6-3)12-16(19-17)8-5-2/h12-13,18H,4-11,14H2,1-3H3. The number of unbranched alkanes of at least 4 members (excludes halogenated alkanes) is 1. The minimum atomic E-state index is 0.562. The van der Waals surface area contributed by atoms with Crippen LogP contribution in [0.3, 0.4) is 0 Å². The molecule has 120 valence electrons. The van der Waals surface area contributed by atoms with Crippen LogP contribution in [0.2, 0.25) is 0 Å². The van der Waals surface area contributed by atoms with Gasteiger partial charge in [-0.25, -0.2) is 4.98 Å². The molecule has 0 aliphatic heterocycles. The number of rotatable bonds is 12. The van der Waals surface area contributed by atoms with Crippen LogP contribution in [0.25, 0.3) is 0 Å². The van der Waals surface area contributed by atoms with Crippen molar-refractivity contribution >= 4 is 0 Å². The molecule has 0 atom stereocenters. The molecular weight excluding hydrogens is 264 g/mol. The maximum absolute atomic E-state index is 5.73. The van der Waals surface area contributed by atoms with Gasteiger partial charge in [0.1, 0.15) is 6.61 Å². The van der Waals surface area contributed by atoms with E-state index in [1.54, 1.807) is 0 Å². The van der Waals surface area contributed by atoms with Crippen LogP contribution in [0.4, 0.5) is 0 Å². The van der Waals surface area contributed by atoms with Gasteiger partial charge in [-0.05, 0) is 31.0 Å². The zero-order valence-corrected chi connectivity index (χ0v) is 13.8. The second-order valence-electron chi connectivity index (χ2n) is 5.15. The topological polar surface area (TPSA) is 43.4 Å². The van der Waals surface area contributed by atoms with Gasteiger partial charge in [0.15, 0.2) is 0 Å². The first-order valence-corrected chi connectivity index (χ1v) is 8.21. The molecular formula is C17H30N2O2. The number of nitrogens with zero attached hydrogens (tertiary/aromatic N) is 1.